The minimum atomic E-state index is 0.540. The van der Waals surface area contributed by atoms with Crippen molar-refractivity contribution in [1.82, 2.24) is 20.2 Å². The zero-order valence-electron chi connectivity index (χ0n) is 14.3. The van der Waals surface area contributed by atoms with Gasteiger partial charge in [-0.15, -0.1) is 10.2 Å². The summed E-state index contributed by atoms with van der Waals surface area (Å²) in [4.78, 5) is 13.6. The lowest BCUT2D eigenvalue weighted by atomic mass is 10.0. The lowest BCUT2D eigenvalue weighted by Crippen LogP contribution is -2.29. The average molecular weight is 346 g/mol. The summed E-state index contributed by atoms with van der Waals surface area (Å²) >= 11 is 1.64. The number of hydrogen-bond donors (Lipinski definition) is 0. The van der Waals surface area contributed by atoms with E-state index in [-0.39, 0.29) is 0 Å². The summed E-state index contributed by atoms with van der Waals surface area (Å²) in [6, 6.07) is 0. The number of aromatic nitrogens is 4. The molecule has 0 amide bonds. The standard InChI is InChI=1S/C16H22N6OS/c1-10-11(2)17-9-18-15(10)21-4-12-6-22(7-13(12)5-21)16-20-19-14(24-16)8-23-3/h9,12-13H,4-8H2,1-3H3. The highest BCUT2D eigenvalue weighted by Gasteiger charge is 2.41. The monoisotopic (exact) mass is 346 g/mol. The lowest BCUT2D eigenvalue weighted by Gasteiger charge is -2.23. The van der Waals surface area contributed by atoms with E-state index >= 15 is 0 Å². The second kappa shape index (κ2) is 6.25. The van der Waals surface area contributed by atoms with Gasteiger partial charge in [-0.25, -0.2) is 9.97 Å². The molecular formula is C16H22N6OS. The maximum absolute atomic E-state index is 5.13. The Balaban J connectivity index is 1.44. The number of nitrogens with zero attached hydrogens (tertiary/aromatic N) is 6. The van der Waals surface area contributed by atoms with Crippen LogP contribution in [0.2, 0.25) is 0 Å². The van der Waals surface area contributed by atoms with E-state index in [1.54, 1.807) is 24.8 Å². The molecular weight excluding hydrogens is 324 g/mol. The van der Waals surface area contributed by atoms with Gasteiger partial charge in [-0.3, -0.25) is 0 Å². The molecule has 0 bridgehead atoms. The molecule has 4 heterocycles. The summed E-state index contributed by atoms with van der Waals surface area (Å²) in [5.41, 5.74) is 2.26. The van der Waals surface area contributed by atoms with Gasteiger partial charge in [-0.2, -0.15) is 0 Å². The first-order valence-electron chi connectivity index (χ1n) is 8.25. The fraction of sp³-hybridized carbons (Fsp3) is 0.625. The van der Waals surface area contributed by atoms with E-state index in [1.807, 2.05) is 6.92 Å². The molecule has 2 fully saturated rings. The summed E-state index contributed by atoms with van der Waals surface area (Å²) in [5.74, 6) is 2.42. The normalized spacial score (nSPS) is 23.1. The van der Waals surface area contributed by atoms with Crippen molar-refractivity contribution in [2.75, 3.05) is 43.1 Å². The van der Waals surface area contributed by atoms with E-state index in [9.17, 15) is 0 Å². The van der Waals surface area contributed by atoms with Crippen molar-refractivity contribution in [3.05, 3.63) is 22.6 Å². The molecule has 0 spiro atoms. The minimum absolute atomic E-state index is 0.540. The Morgan fingerprint density at radius 2 is 1.79 bits per heavy atom. The SMILES string of the molecule is COCc1nnc(N2CC3CN(c4ncnc(C)c4C)CC3C2)s1. The molecule has 8 heteroatoms. The smallest absolute Gasteiger partial charge is 0.208 e. The van der Waals surface area contributed by atoms with Crippen LogP contribution in [0.25, 0.3) is 0 Å². The van der Waals surface area contributed by atoms with Gasteiger partial charge < -0.3 is 14.5 Å². The molecule has 2 aromatic rings. The fourth-order valence-corrected chi connectivity index (χ4v) is 4.55. The van der Waals surface area contributed by atoms with Crippen LogP contribution in [0.15, 0.2) is 6.33 Å². The predicted molar refractivity (Wildman–Crippen MR) is 93.5 cm³/mol. The van der Waals surface area contributed by atoms with E-state index < -0.39 is 0 Å². The highest BCUT2D eigenvalue weighted by Crippen LogP contribution is 2.37. The van der Waals surface area contributed by atoms with E-state index in [2.05, 4.69) is 36.9 Å². The number of hydrogen-bond acceptors (Lipinski definition) is 8. The van der Waals surface area contributed by atoms with Crippen LogP contribution in [0.1, 0.15) is 16.3 Å². The fourth-order valence-electron chi connectivity index (χ4n) is 3.72. The van der Waals surface area contributed by atoms with E-state index in [0.29, 0.717) is 18.4 Å². The highest BCUT2D eigenvalue weighted by atomic mass is 32.1. The largest absolute Gasteiger partial charge is 0.377 e. The molecule has 2 unspecified atom stereocenters. The van der Waals surface area contributed by atoms with Crippen LogP contribution in [-0.4, -0.2) is 53.5 Å². The maximum atomic E-state index is 5.13. The molecule has 2 aliphatic heterocycles. The van der Waals surface area contributed by atoms with Crippen LogP contribution in [0.5, 0.6) is 0 Å². The van der Waals surface area contributed by atoms with Crippen molar-refractivity contribution in [2.45, 2.75) is 20.5 Å². The molecule has 128 valence electrons. The predicted octanol–water partition coefficient (Wildman–Crippen LogP) is 1.66. The molecule has 0 aliphatic carbocycles. The van der Waals surface area contributed by atoms with Crippen LogP contribution in [-0.2, 0) is 11.3 Å². The first-order valence-corrected chi connectivity index (χ1v) is 9.06. The molecule has 0 radical (unpaired) electrons. The number of fused-ring (bicyclic) bond motifs is 1. The number of rotatable bonds is 4. The first-order chi connectivity index (χ1) is 11.7. The second-order valence-corrected chi connectivity index (χ2v) is 7.69. The van der Waals surface area contributed by atoms with Crippen molar-refractivity contribution in [3.8, 4) is 0 Å². The van der Waals surface area contributed by atoms with Crippen LogP contribution in [0.4, 0.5) is 10.9 Å². The van der Waals surface area contributed by atoms with Gasteiger partial charge in [0.2, 0.25) is 5.13 Å². The molecule has 2 atom stereocenters. The van der Waals surface area contributed by atoms with Gasteiger partial charge in [-0.05, 0) is 13.8 Å². The number of anilines is 2. The van der Waals surface area contributed by atoms with Gasteiger partial charge in [0.25, 0.3) is 0 Å². The van der Waals surface area contributed by atoms with Crippen LogP contribution < -0.4 is 9.80 Å². The molecule has 0 aromatic carbocycles. The third-order valence-corrected chi connectivity index (χ3v) is 6.05. The number of methoxy groups -OCH3 is 1. The Labute approximate surface area is 145 Å². The van der Waals surface area contributed by atoms with Crippen LogP contribution in [0.3, 0.4) is 0 Å². The van der Waals surface area contributed by atoms with Gasteiger partial charge in [0.15, 0.2) is 0 Å². The average Bonchev–Trinajstić information content (AvgIpc) is 3.24. The van der Waals surface area contributed by atoms with Gasteiger partial charge in [-0.1, -0.05) is 11.3 Å². The summed E-state index contributed by atoms with van der Waals surface area (Å²) in [6.07, 6.45) is 1.68. The third kappa shape index (κ3) is 2.73. The third-order valence-electron chi connectivity index (χ3n) is 5.09. The number of ether oxygens (including phenoxy) is 1. The topological polar surface area (TPSA) is 67.3 Å². The maximum Gasteiger partial charge on any atom is 0.208 e. The molecule has 2 aliphatic rings. The Bertz CT molecular complexity index is 721. The molecule has 0 N–H and O–H groups in total. The highest BCUT2D eigenvalue weighted by molar-refractivity contribution is 7.15. The van der Waals surface area contributed by atoms with Crippen molar-refractivity contribution >= 4 is 22.3 Å². The van der Waals surface area contributed by atoms with Gasteiger partial charge in [0, 0.05) is 56.4 Å². The van der Waals surface area contributed by atoms with E-state index in [1.165, 1.54) is 5.56 Å². The van der Waals surface area contributed by atoms with Gasteiger partial charge in [0.05, 0.1) is 0 Å². The minimum Gasteiger partial charge on any atom is -0.377 e. The Kier molecular flexibility index (Phi) is 4.09. The van der Waals surface area contributed by atoms with Crippen LogP contribution >= 0.6 is 11.3 Å². The Hall–Kier alpha value is -1.80. The van der Waals surface area contributed by atoms with Crippen molar-refractivity contribution < 1.29 is 4.74 Å². The van der Waals surface area contributed by atoms with Crippen molar-refractivity contribution in [2.24, 2.45) is 11.8 Å². The van der Waals surface area contributed by atoms with Crippen LogP contribution in [0, 0.1) is 25.7 Å². The summed E-state index contributed by atoms with van der Waals surface area (Å²) in [7, 11) is 1.69. The van der Waals surface area contributed by atoms with E-state index in [4.69, 9.17) is 4.74 Å². The molecule has 2 saturated heterocycles. The Morgan fingerprint density at radius 1 is 1.08 bits per heavy atom. The Morgan fingerprint density at radius 3 is 2.50 bits per heavy atom. The lowest BCUT2D eigenvalue weighted by molar-refractivity contribution is 0.184. The van der Waals surface area contributed by atoms with Crippen molar-refractivity contribution in [1.29, 1.82) is 0 Å². The molecule has 4 rings (SSSR count). The molecule has 24 heavy (non-hydrogen) atoms. The zero-order valence-corrected chi connectivity index (χ0v) is 15.1. The van der Waals surface area contributed by atoms with Gasteiger partial charge >= 0.3 is 0 Å². The van der Waals surface area contributed by atoms with Gasteiger partial charge in [0.1, 0.15) is 23.8 Å². The van der Waals surface area contributed by atoms with E-state index in [0.717, 1.165) is 47.8 Å². The second-order valence-electron chi connectivity index (χ2n) is 6.65. The molecule has 0 saturated carbocycles. The van der Waals surface area contributed by atoms with Crippen molar-refractivity contribution in [3.63, 3.8) is 0 Å². The summed E-state index contributed by atoms with van der Waals surface area (Å²) in [6.45, 7) is 8.91. The molecule has 2 aromatic heterocycles. The quantitative estimate of drug-likeness (QED) is 0.834. The summed E-state index contributed by atoms with van der Waals surface area (Å²) in [5, 5.41) is 10.5. The number of aryl methyl sites for hydroxylation is 1. The summed E-state index contributed by atoms with van der Waals surface area (Å²) < 4.78 is 5.13. The molecule has 7 nitrogen and oxygen atoms in total. The first kappa shape index (κ1) is 15.7. The zero-order chi connectivity index (χ0) is 16.7.